The van der Waals surface area contributed by atoms with Gasteiger partial charge < -0.3 is 14.6 Å². The van der Waals surface area contributed by atoms with Crippen LogP contribution in [0.3, 0.4) is 0 Å². The Morgan fingerprint density at radius 1 is 1.27 bits per heavy atom. The second-order valence-corrected chi connectivity index (χ2v) is 12.5. The molecule has 0 radical (unpaired) electrons. The topological polar surface area (TPSA) is 133 Å². The van der Waals surface area contributed by atoms with Crippen molar-refractivity contribution in [3.8, 4) is 0 Å². The molecule has 4 aliphatic carbocycles. The van der Waals surface area contributed by atoms with Crippen LogP contribution in [0.1, 0.15) is 52.4 Å². The Morgan fingerprint density at radius 3 is 2.61 bits per heavy atom. The van der Waals surface area contributed by atoms with E-state index >= 15 is 0 Å². The van der Waals surface area contributed by atoms with Crippen LogP contribution in [-0.2, 0) is 38.2 Å². The maximum atomic E-state index is 13.4. The largest absolute Gasteiger partial charge is 0.469 e. The maximum Gasteiger partial charge on any atom is 0.315 e. The highest BCUT2D eigenvalue weighted by molar-refractivity contribution is 7.87. The van der Waals surface area contributed by atoms with Gasteiger partial charge in [0.25, 0.3) is 10.1 Å². The van der Waals surface area contributed by atoms with Crippen molar-refractivity contribution in [2.75, 3.05) is 12.9 Å². The number of hydrogen-bond acceptors (Lipinski definition) is 9. The highest BCUT2D eigenvalue weighted by atomic mass is 32.2. The lowest BCUT2D eigenvalue weighted by molar-refractivity contribution is -0.164. The number of fused-ring (bicyclic) bond motifs is 1. The molecule has 1 saturated heterocycles. The van der Waals surface area contributed by atoms with Gasteiger partial charge in [0.05, 0.1) is 24.7 Å². The van der Waals surface area contributed by atoms with Crippen LogP contribution in [0.2, 0.25) is 0 Å². The summed E-state index contributed by atoms with van der Waals surface area (Å²) in [4.78, 5) is 38.1. The van der Waals surface area contributed by atoms with E-state index in [2.05, 4.69) is 6.58 Å². The molecule has 5 aliphatic rings. The van der Waals surface area contributed by atoms with Crippen molar-refractivity contribution in [2.45, 2.75) is 69.7 Å². The molecule has 1 spiro atoms. The van der Waals surface area contributed by atoms with Crippen LogP contribution in [-0.4, -0.2) is 61.4 Å². The molecule has 4 bridgehead atoms. The van der Waals surface area contributed by atoms with Gasteiger partial charge in [0.15, 0.2) is 0 Å². The van der Waals surface area contributed by atoms with Crippen molar-refractivity contribution in [2.24, 2.45) is 28.6 Å². The normalized spacial score (nSPS) is 47.6. The fourth-order valence-corrected chi connectivity index (χ4v) is 9.56. The summed E-state index contributed by atoms with van der Waals surface area (Å²) in [6.45, 7) is 6.86. The molecule has 1 N–H and O–H groups in total. The van der Waals surface area contributed by atoms with Gasteiger partial charge in [-0.05, 0) is 63.4 Å². The fraction of sp³-hybridized carbons (Fsp3) is 0.783. The van der Waals surface area contributed by atoms with Crippen LogP contribution in [0, 0.1) is 28.6 Å². The van der Waals surface area contributed by atoms with Crippen LogP contribution in [0.4, 0.5) is 0 Å². The summed E-state index contributed by atoms with van der Waals surface area (Å²) in [7, 11) is -2.93. The number of hydrogen-bond donors (Lipinski definition) is 1. The molecule has 0 amide bonds. The summed E-state index contributed by atoms with van der Waals surface area (Å²) in [6, 6.07) is 0. The lowest BCUT2D eigenvalue weighted by Gasteiger charge is -2.46. The van der Waals surface area contributed by atoms with E-state index < -0.39 is 73.6 Å². The molecule has 0 aromatic carbocycles. The van der Waals surface area contributed by atoms with E-state index in [4.69, 9.17) is 13.7 Å². The molecule has 10 heteroatoms. The number of carbonyl (C=O) groups excluding carboxylic acids is 3. The van der Waals surface area contributed by atoms with Gasteiger partial charge in [0, 0.05) is 11.8 Å². The smallest absolute Gasteiger partial charge is 0.315 e. The predicted molar refractivity (Wildman–Crippen MR) is 113 cm³/mol. The Morgan fingerprint density at radius 2 is 1.97 bits per heavy atom. The molecule has 3 unspecified atom stereocenters. The third-order valence-corrected chi connectivity index (χ3v) is 10.7. The summed E-state index contributed by atoms with van der Waals surface area (Å²) in [6.07, 6.45) is 1.31. The van der Waals surface area contributed by atoms with Crippen LogP contribution < -0.4 is 0 Å². The number of rotatable bonds is 5. The summed E-state index contributed by atoms with van der Waals surface area (Å²) in [5.74, 6) is -4.08. The number of ketones is 1. The van der Waals surface area contributed by atoms with Crippen LogP contribution in [0.5, 0.6) is 0 Å². The zero-order chi connectivity index (χ0) is 24.2. The van der Waals surface area contributed by atoms with E-state index in [1.165, 1.54) is 7.11 Å². The molecule has 5 fully saturated rings. The summed E-state index contributed by atoms with van der Waals surface area (Å²) in [5.41, 5.74) is -3.46. The third-order valence-electron chi connectivity index (χ3n) is 9.36. The van der Waals surface area contributed by atoms with Crippen LogP contribution in [0.25, 0.3) is 0 Å². The van der Waals surface area contributed by atoms with Crippen molar-refractivity contribution >= 4 is 27.8 Å². The molecule has 8 atom stereocenters. The maximum absolute atomic E-state index is 13.4. The first kappa shape index (κ1) is 23.0. The molecular formula is C23H30O9S. The van der Waals surface area contributed by atoms with Gasteiger partial charge in [-0.25, -0.2) is 0 Å². The van der Waals surface area contributed by atoms with Crippen molar-refractivity contribution in [1.82, 2.24) is 0 Å². The van der Waals surface area contributed by atoms with E-state index in [0.29, 0.717) is 37.7 Å². The van der Waals surface area contributed by atoms with Crippen LogP contribution >= 0.6 is 0 Å². The Kier molecular flexibility index (Phi) is 4.64. The number of ether oxygens (including phenoxy) is 2. The van der Waals surface area contributed by atoms with Gasteiger partial charge in [-0.2, -0.15) is 8.42 Å². The second-order valence-electron chi connectivity index (χ2n) is 10.9. The number of methoxy groups -OCH3 is 1. The molecule has 4 saturated carbocycles. The zero-order valence-corrected chi connectivity index (χ0v) is 19.9. The van der Waals surface area contributed by atoms with Crippen molar-refractivity contribution in [3.05, 3.63) is 12.2 Å². The minimum atomic E-state index is -4.23. The highest BCUT2D eigenvalue weighted by Crippen LogP contribution is 2.78. The summed E-state index contributed by atoms with van der Waals surface area (Å²) in [5, 5.41) is 11.2. The van der Waals surface area contributed by atoms with Gasteiger partial charge in [-0.1, -0.05) is 6.58 Å². The first-order valence-corrected chi connectivity index (χ1v) is 13.0. The number of aliphatic hydroxyl groups is 1. The van der Waals surface area contributed by atoms with E-state index in [1.807, 2.05) is 0 Å². The van der Waals surface area contributed by atoms with Gasteiger partial charge in [0.1, 0.15) is 22.6 Å². The SMILES string of the molecule is C=C1C[C@]23C[C@@]1(O)CCC2[C@@]12CC[C@@H](OS(=O)(=O)CC(C)=O)[C@](C)(C(=O)O1)C2C3C(=O)OC. The van der Waals surface area contributed by atoms with E-state index in [9.17, 15) is 27.9 Å². The second kappa shape index (κ2) is 6.66. The first-order valence-electron chi connectivity index (χ1n) is 11.4. The van der Waals surface area contributed by atoms with Crippen molar-refractivity contribution in [3.63, 3.8) is 0 Å². The Labute approximate surface area is 193 Å². The van der Waals surface area contributed by atoms with Crippen LogP contribution in [0.15, 0.2) is 12.2 Å². The van der Waals surface area contributed by atoms with Gasteiger partial charge in [0.2, 0.25) is 0 Å². The fourth-order valence-electron chi connectivity index (χ4n) is 8.35. The Bertz CT molecular complexity index is 1080. The van der Waals surface area contributed by atoms with Crippen molar-refractivity contribution in [1.29, 1.82) is 0 Å². The quantitative estimate of drug-likeness (QED) is 0.349. The lowest BCUT2D eigenvalue weighted by Crippen LogP contribution is -2.54. The molecule has 33 heavy (non-hydrogen) atoms. The molecular weight excluding hydrogens is 452 g/mol. The molecule has 1 aliphatic heterocycles. The minimum absolute atomic E-state index is 0.181. The average molecular weight is 483 g/mol. The summed E-state index contributed by atoms with van der Waals surface area (Å²) >= 11 is 0. The van der Waals surface area contributed by atoms with Crippen molar-refractivity contribution < 1.29 is 41.6 Å². The molecule has 5 rings (SSSR count). The first-order chi connectivity index (χ1) is 15.3. The number of esters is 2. The monoisotopic (exact) mass is 482 g/mol. The molecule has 9 nitrogen and oxygen atoms in total. The standard InChI is InChI=1S/C23H30O9S/c1-12-9-21-11-22(12,27)7-5-14(21)23-8-6-15(32-33(28,29)10-13(2)24)20(3,19(26)31-23)17(23)16(21)18(25)30-4/h14-17,27H,1,5-11H2,2-4H3/t14?,15-,16?,17?,20+,21+,22+,23-/m1/s1. The van der Waals surface area contributed by atoms with E-state index in [-0.39, 0.29) is 12.3 Å². The average Bonchev–Trinajstić information content (AvgIpc) is 3.12. The van der Waals surface area contributed by atoms with Gasteiger partial charge in [-0.3, -0.25) is 18.6 Å². The molecule has 0 aromatic rings. The van der Waals surface area contributed by atoms with Gasteiger partial charge in [-0.15, -0.1) is 0 Å². The number of carbonyl (C=O) groups is 3. The Hall–Kier alpha value is -1.78. The molecule has 1 heterocycles. The Balaban J connectivity index is 1.64. The third kappa shape index (κ3) is 2.71. The van der Waals surface area contributed by atoms with Gasteiger partial charge >= 0.3 is 11.9 Å². The minimum Gasteiger partial charge on any atom is -0.469 e. The summed E-state index contributed by atoms with van der Waals surface area (Å²) < 4.78 is 41.9. The van der Waals surface area contributed by atoms with E-state index in [0.717, 1.165) is 6.92 Å². The number of Topliss-reactive ketones (excluding diaryl/α,β-unsaturated/α-hetero) is 1. The lowest BCUT2D eigenvalue weighted by atomic mass is 9.59. The molecule has 182 valence electrons. The predicted octanol–water partition coefficient (Wildman–Crippen LogP) is 1.28. The highest BCUT2D eigenvalue weighted by Gasteiger charge is 2.84. The molecule has 0 aromatic heterocycles. The zero-order valence-electron chi connectivity index (χ0n) is 19.1. The van der Waals surface area contributed by atoms with E-state index in [1.54, 1.807) is 6.92 Å².